The molecule has 0 saturated carbocycles. The van der Waals surface area contributed by atoms with Crippen LogP contribution >= 0.6 is 11.6 Å². The van der Waals surface area contributed by atoms with Crippen LogP contribution in [0, 0.1) is 11.7 Å². The first-order chi connectivity index (χ1) is 11.0. The molecular weight excluding hydrogens is 315 g/mol. The molecule has 0 unspecified atom stereocenters. The van der Waals surface area contributed by atoms with Crippen LogP contribution in [-0.2, 0) is 10.3 Å². The van der Waals surface area contributed by atoms with Gasteiger partial charge in [-0.2, -0.15) is 0 Å². The summed E-state index contributed by atoms with van der Waals surface area (Å²) in [7, 11) is 1.67. The number of unbranched alkanes of at least 4 members (excludes halogenated alkanes) is 2. The minimum absolute atomic E-state index is 0.0259. The van der Waals surface area contributed by atoms with Gasteiger partial charge in [-0.05, 0) is 37.7 Å². The number of aliphatic hydroxyl groups is 1. The van der Waals surface area contributed by atoms with E-state index in [4.69, 9.17) is 16.3 Å². The van der Waals surface area contributed by atoms with E-state index in [-0.39, 0.29) is 10.9 Å². The minimum Gasteiger partial charge on any atom is -0.385 e. The van der Waals surface area contributed by atoms with Crippen molar-refractivity contribution in [2.24, 2.45) is 5.92 Å². The van der Waals surface area contributed by atoms with E-state index in [1.807, 2.05) is 0 Å². The first-order valence-electron chi connectivity index (χ1n) is 8.67. The number of ether oxygens (including phenoxy) is 1. The molecule has 0 spiro atoms. The normalized spacial score (nSPS) is 15.4. The molecule has 23 heavy (non-hydrogen) atoms. The Morgan fingerprint density at radius 3 is 2.61 bits per heavy atom. The van der Waals surface area contributed by atoms with Crippen LogP contribution in [0.25, 0.3) is 0 Å². The summed E-state index contributed by atoms with van der Waals surface area (Å²) in [5.74, 6) is -0.462. The molecule has 0 amide bonds. The molecule has 1 rings (SSSR count). The third-order valence-corrected chi connectivity index (χ3v) is 4.94. The molecular formula is C19H30ClFO2. The lowest BCUT2D eigenvalue weighted by Gasteiger charge is -2.37. The van der Waals surface area contributed by atoms with Gasteiger partial charge in [0.1, 0.15) is 5.82 Å². The Hall–Kier alpha value is -0.640. The standard InChI is InChI=1S/C19H30ClFO2/c1-4-6-10-15(5-2)19(22,13-7-8-14-23-3)16-11-9-12-17(20)18(16)21/h9,11-12,15,22H,4-8,10,13-14H2,1-3H3/t15-,19-/m0/s1. The molecule has 0 fully saturated rings. The van der Waals surface area contributed by atoms with Gasteiger partial charge in [0.25, 0.3) is 0 Å². The van der Waals surface area contributed by atoms with E-state index in [1.165, 1.54) is 6.07 Å². The highest BCUT2D eigenvalue weighted by molar-refractivity contribution is 6.30. The zero-order valence-corrected chi connectivity index (χ0v) is 15.3. The summed E-state index contributed by atoms with van der Waals surface area (Å²) >= 11 is 5.95. The van der Waals surface area contributed by atoms with Crippen molar-refractivity contribution < 1.29 is 14.2 Å². The highest BCUT2D eigenvalue weighted by Crippen LogP contribution is 2.41. The molecule has 132 valence electrons. The van der Waals surface area contributed by atoms with Crippen molar-refractivity contribution in [1.29, 1.82) is 0 Å². The first-order valence-corrected chi connectivity index (χ1v) is 9.04. The highest BCUT2D eigenvalue weighted by Gasteiger charge is 2.38. The average molecular weight is 345 g/mol. The number of hydrogen-bond donors (Lipinski definition) is 1. The van der Waals surface area contributed by atoms with Crippen molar-refractivity contribution in [2.45, 2.75) is 64.4 Å². The van der Waals surface area contributed by atoms with Gasteiger partial charge in [-0.25, -0.2) is 4.39 Å². The molecule has 1 aromatic rings. The van der Waals surface area contributed by atoms with E-state index in [9.17, 15) is 9.50 Å². The van der Waals surface area contributed by atoms with Crippen LogP contribution in [-0.4, -0.2) is 18.8 Å². The smallest absolute Gasteiger partial charge is 0.147 e. The second-order valence-electron chi connectivity index (χ2n) is 6.22. The van der Waals surface area contributed by atoms with Gasteiger partial charge < -0.3 is 9.84 Å². The van der Waals surface area contributed by atoms with Crippen LogP contribution in [0.2, 0.25) is 5.02 Å². The van der Waals surface area contributed by atoms with Gasteiger partial charge in [0.05, 0.1) is 10.6 Å². The topological polar surface area (TPSA) is 29.5 Å². The van der Waals surface area contributed by atoms with Gasteiger partial charge in [-0.15, -0.1) is 0 Å². The summed E-state index contributed by atoms with van der Waals surface area (Å²) in [5, 5.41) is 11.5. The highest BCUT2D eigenvalue weighted by atomic mass is 35.5. The maximum Gasteiger partial charge on any atom is 0.147 e. The van der Waals surface area contributed by atoms with Crippen LogP contribution < -0.4 is 0 Å². The molecule has 1 N–H and O–H groups in total. The predicted octanol–water partition coefficient (Wildman–Crippen LogP) is 5.70. The number of benzene rings is 1. The fraction of sp³-hybridized carbons (Fsp3) is 0.684. The van der Waals surface area contributed by atoms with E-state index in [2.05, 4.69) is 13.8 Å². The van der Waals surface area contributed by atoms with Crippen molar-refractivity contribution in [2.75, 3.05) is 13.7 Å². The quantitative estimate of drug-likeness (QED) is 0.522. The van der Waals surface area contributed by atoms with E-state index in [0.717, 1.165) is 38.5 Å². The second kappa shape index (κ2) is 10.3. The van der Waals surface area contributed by atoms with Gasteiger partial charge in [-0.1, -0.05) is 56.8 Å². The molecule has 0 bridgehead atoms. The summed E-state index contributed by atoms with van der Waals surface area (Å²) in [5.41, 5.74) is -0.836. The van der Waals surface area contributed by atoms with Crippen molar-refractivity contribution in [3.63, 3.8) is 0 Å². The molecule has 1 aromatic carbocycles. The minimum atomic E-state index is -1.17. The van der Waals surface area contributed by atoms with Crippen LogP contribution in [0.15, 0.2) is 18.2 Å². The fourth-order valence-corrected chi connectivity index (χ4v) is 3.44. The number of halogens is 2. The van der Waals surface area contributed by atoms with E-state index < -0.39 is 11.4 Å². The van der Waals surface area contributed by atoms with E-state index >= 15 is 0 Å². The summed E-state index contributed by atoms with van der Waals surface area (Å²) in [6.45, 7) is 4.84. The van der Waals surface area contributed by atoms with E-state index in [0.29, 0.717) is 18.6 Å². The Morgan fingerprint density at radius 1 is 1.26 bits per heavy atom. The summed E-state index contributed by atoms with van der Waals surface area (Å²) < 4.78 is 19.7. The first kappa shape index (κ1) is 20.4. The number of hydrogen-bond acceptors (Lipinski definition) is 2. The Labute approximate surface area is 145 Å². The Kier molecular flexibility index (Phi) is 9.11. The van der Waals surface area contributed by atoms with Crippen LogP contribution in [0.5, 0.6) is 0 Å². The summed E-state index contributed by atoms with van der Waals surface area (Å²) in [6, 6.07) is 4.91. The molecule has 0 aliphatic heterocycles. The van der Waals surface area contributed by atoms with Gasteiger partial charge >= 0.3 is 0 Å². The SMILES string of the molecule is CCCC[C@H](CC)[C@@](O)(CCCCOC)c1cccc(Cl)c1F. The zero-order chi connectivity index (χ0) is 17.3. The van der Waals surface area contributed by atoms with Gasteiger partial charge in [0, 0.05) is 19.3 Å². The number of methoxy groups -OCH3 is 1. The molecule has 2 atom stereocenters. The average Bonchev–Trinajstić information content (AvgIpc) is 2.54. The lowest BCUT2D eigenvalue weighted by molar-refractivity contribution is -0.0435. The molecule has 4 heteroatoms. The lowest BCUT2D eigenvalue weighted by Crippen LogP contribution is -2.36. The summed E-state index contributed by atoms with van der Waals surface area (Å²) in [6.07, 6.45) is 5.96. The lowest BCUT2D eigenvalue weighted by atomic mass is 9.74. The molecule has 0 heterocycles. The maximum absolute atomic E-state index is 14.6. The second-order valence-corrected chi connectivity index (χ2v) is 6.63. The van der Waals surface area contributed by atoms with Crippen molar-refractivity contribution in [1.82, 2.24) is 0 Å². The molecule has 0 aliphatic rings. The van der Waals surface area contributed by atoms with E-state index in [1.54, 1.807) is 19.2 Å². The Morgan fingerprint density at radius 2 is 2.00 bits per heavy atom. The largest absolute Gasteiger partial charge is 0.385 e. The summed E-state index contributed by atoms with van der Waals surface area (Å²) in [4.78, 5) is 0. The maximum atomic E-state index is 14.6. The predicted molar refractivity (Wildman–Crippen MR) is 94.3 cm³/mol. The van der Waals surface area contributed by atoms with Crippen LogP contribution in [0.1, 0.15) is 64.4 Å². The molecule has 0 aromatic heterocycles. The van der Waals surface area contributed by atoms with Crippen LogP contribution in [0.3, 0.4) is 0 Å². The monoisotopic (exact) mass is 344 g/mol. The Balaban J connectivity index is 3.10. The Bertz CT molecular complexity index is 467. The molecule has 0 radical (unpaired) electrons. The van der Waals surface area contributed by atoms with Crippen LogP contribution in [0.4, 0.5) is 4.39 Å². The number of rotatable bonds is 11. The van der Waals surface area contributed by atoms with Crippen molar-refractivity contribution >= 4 is 11.6 Å². The van der Waals surface area contributed by atoms with Crippen molar-refractivity contribution in [3.05, 3.63) is 34.6 Å². The van der Waals surface area contributed by atoms with Gasteiger partial charge in [0.2, 0.25) is 0 Å². The molecule has 0 aliphatic carbocycles. The molecule has 0 saturated heterocycles. The zero-order valence-electron chi connectivity index (χ0n) is 14.6. The third-order valence-electron chi connectivity index (χ3n) is 4.65. The fourth-order valence-electron chi connectivity index (χ4n) is 3.27. The van der Waals surface area contributed by atoms with Gasteiger partial charge in [-0.3, -0.25) is 0 Å². The van der Waals surface area contributed by atoms with Crippen molar-refractivity contribution in [3.8, 4) is 0 Å². The molecule has 2 nitrogen and oxygen atoms in total. The third kappa shape index (κ3) is 5.44. The van der Waals surface area contributed by atoms with Gasteiger partial charge in [0.15, 0.2) is 0 Å².